The molecule has 0 saturated heterocycles. The molecule has 0 radical (unpaired) electrons. The minimum absolute atomic E-state index is 0.150. The lowest BCUT2D eigenvalue weighted by Gasteiger charge is -2.23. The predicted octanol–water partition coefficient (Wildman–Crippen LogP) is 1.64. The minimum atomic E-state index is -0.539. The van der Waals surface area contributed by atoms with Gasteiger partial charge in [0.1, 0.15) is 12.1 Å². The number of rotatable bonds is 3. The Balaban J connectivity index is 1.54. The first-order valence-corrected chi connectivity index (χ1v) is 8.49. The van der Waals surface area contributed by atoms with Crippen molar-refractivity contribution in [2.45, 2.75) is 33.3 Å². The molecule has 3 aromatic rings. The Kier molecular flexibility index (Phi) is 3.98. The fourth-order valence-corrected chi connectivity index (χ4v) is 3.06. The Morgan fingerprint density at radius 1 is 1.37 bits per heavy atom. The number of carbonyl (C=O) groups excluding carboxylic acids is 2. The highest BCUT2D eigenvalue weighted by Gasteiger charge is 2.23. The summed E-state index contributed by atoms with van der Waals surface area (Å²) >= 11 is 0. The molecule has 0 spiro atoms. The number of ether oxygens (including phenoxy) is 1. The van der Waals surface area contributed by atoms with Gasteiger partial charge in [0.15, 0.2) is 6.10 Å². The summed E-state index contributed by atoms with van der Waals surface area (Å²) < 4.78 is 7.13. The van der Waals surface area contributed by atoms with E-state index in [9.17, 15) is 9.59 Å². The van der Waals surface area contributed by atoms with Crippen LogP contribution in [0.1, 0.15) is 23.9 Å². The first-order chi connectivity index (χ1) is 12.9. The number of carbonyl (C=O) groups is 2. The molecule has 0 saturated carbocycles. The molecule has 1 aliphatic heterocycles. The van der Waals surface area contributed by atoms with Crippen molar-refractivity contribution in [3.05, 3.63) is 41.5 Å². The van der Waals surface area contributed by atoms with Crippen LogP contribution in [0.4, 0.5) is 11.4 Å². The quantitative estimate of drug-likeness (QED) is 0.729. The Labute approximate surface area is 154 Å². The molecule has 2 amide bonds. The van der Waals surface area contributed by atoms with Gasteiger partial charge in [0, 0.05) is 22.6 Å². The number of hydrogen-bond acceptors (Lipinski definition) is 6. The van der Waals surface area contributed by atoms with E-state index in [-0.39, 0.29) is 18.2 Å². The highest BCUT2D eigenvalue weighted by Crippen LogP contribution is 2.32. The van der Waals surface area contributed by atoms with E-state index in [1.165, 1.54) is 6.33 Å². The molecule has 138 valence electrons. The predicted molar refractivity (Wildman–Crippen MR) is 97.8 cm³/mol. The van der Waals surface area contributed by atoms with Crippen LogP contribution in [-0.4, -0.2) is 37.5 Å². The van der Waals surface area contributed by atoms with Crippen LogP contribution in [0.5, 0.6) is 5.75 Å². The summed E-state index contributed by atoms with van der Waals surface area (Å²) in [5.74, 6) is 0.671. The molecule has 1 aliphatic rings. The molecule has 9 heteroatoms. The number of fused-ring (bicyclic) bond motifs is 2. The van der Waals surface area contributed by atoms with E-state index < -0.39 is 6.10 Å². The number of aryl methyl sites for hydroxylation is 2. The summed E-state index contributed by atoms with van der Waals surface area (Å²) in [7, 11) is 0. The first kappa shape index (κ1) is 17.0. The van der Waals surface area contributed by atoms with Gasteiger partial charge in [-0.15, -0.1) is 0 Å². The van der Waals surface area contributed by atoms with E-state index in [1.807, 2.05) is 13.8 Å². The van der Waals surface area contributed by atoms with Crippen LogP contribution in [0.25, 0.3) is 5.78 Å². The van der Waals surface area contributed by atoms with Crippen LogP contribution < -0.4 is 15.4 Å². The molecule has 27 heavy (non-hydrogen) atoms. The molecule has 1 aromatic carbocycles. The third-order valence-electron chi connectivity index (χ3n) is 4.52. The molecule has 2 aromatic heterocycles. The molecular weight excluding hydrogens is 348 g/mol. The second-order valence-corrected chi connectivity index (χ2v) is 6.42. The number of hydrogen-bond donors (Lipinski definition) is 2. The van der Waals surface area contributed by atoms with E-state index in [1.54, 1.807) is 29.6 Å². The average molecular weight is 366 g/mol. The third-order valence-corrected chi connectivity index (χ3v) is 4.52. The van der Waals surface area contributed by atoms with Crippen molar-refractivity contribution in [3.8, 4) is 5.75 Å². The molecule has 1 atom stereocenters. The van der Waals surface area contributed by atoms with Gasteiger partial charge in [-0.25, -0.2) is 9.50 Å². The van der Waals surface area contributed by atoms with Crippen molar-refractivity contribution in [3.63, 3.8) is 0 Å². The van der Waals surface area contributed by atoms with Gasteiger partial charge in [-0.3, -0.25) is 9.59 Å². The topological polar surface area (TPSA) is 111 Å². The lowest BCUT2D eigenvalue weighted by Crippen LogP contribution is -2.34. The van der Waals surface area contributed by atoms with E-state index >= 15 is 0 Å². The van der Waals surface area contributed by atoms with Crippen LogP contribution in [0, 0.1) is 13.8 Å². The molecule has 3 heterocycles. The maximum absolute atomic E-state index is 12.5. The standard InChI is InChI=1S/C18H18N6O3/c1-9-13(10(2)24-18(21-9)19-8-20-24)7-16(25)22-12-4-5-15-14(6-12)23-17(26)11(3)27-15/h4-6,8,11H,7H2,1-3H3,(H,22,25)(H,23,26)/t11-/m0/s1. The van der Waals surface area contributed by atoms with Crippen LogP contribution in [0.15, 0.2) is 24.5 Å². The van der Waals surface area contributed by atoms with Crippen molar-refractivity contribution >= 4 is 29.0 Å². The Bertz CT molecular complexity index is 1070. The monoisotopic (exact) mass is 366 g/mol. The fraction of sp³-hybridized carbons (Fsp3) is 0.278. The molecule has 9 nitrogen and oxygen atoms in total. The van der Waals surface area contributed by atoms with Crippen LogP contribution in [0.3, 0.4) is 0 Å². The maximum atomic E-state index is 12.5. The molecule has 2 N–H and O–H groups in total. The Morgan fingerprint density at radius 3 is 3.00 bits per heavy atom. The van der Waals surface area contributed by atoms with E-state index in [2.05, 4.69) is 25.7 Å². The fourth-order valence-electron chi connectivity index (χ4n) is 3.06. The Morgan fingerprint density at radius 2 is 2.19 bits per heavy atom. The van der Waals surface area contributed by atoms with E-state index in [0.29, 0.717) is 22.9 Å². The number of aromatic nitrogens is 4. The smallest absolute Gasteiger partial charge is 0.265 e. The van der Waals surface area contributed by atoms with Crippen molar-refractivity contribution in [2.75, 3.05) is 10.6 Å². The zero-order chi connectivity index (χ0) is 19.1. The first-order valence-electron chi connectivity index (χ1n) is 8.49. The van der Waals surface area contributed by atoms with Gasteiger partial charge in [-0.1, -0.05) is 0 Å². The van der Waals surface area contributed by atoms with Gasteiger partial charge >= 0.3 is 0 Å². The van der Waals surface area contributed by atoms with Gasteiger partial charge in [-0.05, 0) is 39.0 Å². The van der Waals surface area contributed by atoms with Crippen LogP contribution in [0.2, 0.25) is 0 Å². The summed E-state index contributed by atoms with van der Waals surface area (Å²) in [6.07, 6.45) is 1.04. The molecule has 0 unspecified atom stereocenters. The summed E-state index contributed by atoms with van der Waals surface area (Å²) in [5.41, 5.74) is 3.47. The number of nitrogens with zero attached hydrogens (tertiary/aromatic N) is 4. The molecule has 4 rings (SSSR count). The highest BCUT2D eigenvalue weighted by atomic mass is 16.5. The summed E-state index contributed by atoms with van der Waals surface area (Å²) in [6.45, 7) is 5.40. The second kappa shape index (κ2) is 6.35. The second-order valence-electron chi connectivity index (χ2n) is 6.42. The van der Waals surface area contributed by atoms with E-state index in [4.69, 9.17) is 4.74 Å². The lowest BCUT2D eigenvalue weighted by molar-refractivity contribution is -0.122. The van der Waals surface area contributed by atoms with Crippen molar-refractivity contribution in [1.29, 1.82) is 0 Å². The number of nitrogens with one attached hydrogen (secondary N) is 2. The normalized spacial score (nSPS) is 15.8. The summed E-state index contributed by atoms with van der Waals surface area (Å²) in [5, 5.41) is 9.74. The highest BCUT2D eigenvalue weighted by molar-refractivity contribution is 5.99. The van der Waals surface area contributed by atoms with Crippen molar-refractivity contribution < 1.29 is 14.3 Å². The SMILES string of the molecule is Cc1nc2ncnn2c(C)c1CC(=O)Nc1ccc2c(c1)NC(=O)[C@H](C)O2. The molecule has 0 fully saturated rings. The van der Waals surface area contributed by atoms with Gasteiger partial charge in [0.05, 0.1) is 12.1 Å². The summed E-state index contributed by atoms with van der Waals surface area (Å²) in [6, 6.07) is 5.13. The molecule has 0 aliphatic carbocycles. The van der Waals surface area contributed by atoms with Crippen LogP contribution in [-0.2, 0) is 16.0 Å². The number of amides is 2. The zero-order valence-corrected chi connectivity index (χ0v) is 15.1. The maximum Gasteiger partial charge on any atom is 0.265 e. The number of anilines is 2. The van der Waals surface area contributed by atoms with Crippen molar-refractivity contribution in [1.82, 2.24) is 19.6 Å². The van der Waals surface area contributed by atoms with Gasteiger partial charge in [0.2, 0.25) is 5.91 Å². The Hall–Kier alpha value is -3.49. The van der Waals surface area contributed by atoms with Gasteiger partial charge in [-0.2, -0.15) is 10.1 Å². The summed E-state index contributed by atoms with van der Waals surface area (Å²) in [4.78, 5) is 32.7. The third kappa shape index (κ3) is 3.07. The largest absolute Gasteiger partial charge is 0.479 e. The lowest BCUT2D eigenvalue weighted by atomic mass is 10.1. The van der Waals surface area contributed by atoms with Gasteiger partial charge in [0.25, 0.3) is 11.7 Å². The zero-order valence-electron chi connectivity index (χ0n) is 15.1. The van der Waals surface area contributed by atoms with Crippen molar-refractivity contribution in [2.24, 2.45) is 0 Å². The molecule has 0 bridgehead atoms. The van der Waals surface area contributed by atoms with Gasteiger partial charge < -0.3 is 15.4 Å². The van der Waals surface area contributed by atoms with Crippen LogP contribution >= 0.6 is 0 Å². The minimum Gasteiger partial charge on any atom is -0.479 e. The average Bonchev–Trinajstić information content (AvgIpc) is 3.08. The molecular formula is C18H18N6O3. The van der Waals surface area contributed by atoms with E-state index in [0.717, 1.165) is 17.0 Å². The number of benzene rings is 1.